The summed E-state index contributed by atoms with van der Waals surface area (Å²) in [6.45, 7) is 6.88. The molecule has 1 spiro atoms. The van der Waals surface area contributed by atoms with Crippen molar-refractivity contribution in [2.45, 2.75) is 33.1 Å². The Hall–Kier alpha value is -1.05. The maximum Gasteiger partial charge on any atom is 0.0553 e. The van der Waals surface area contributed by atoms with Crippen LogP contribution in [0.3, 0.4) is 0 Å². The highest BCUT2D eigenvalue weighted by atomic mass is 15.2. The minimum atomic E-state index is 0.669. The van der Waals surface area contributed by atoms with Gasteiger partial charge >= 0.3 is 0 Å². The fourth-order valence-corrected chi connectivity index (χ4v) is 3.10. The van der Waals surface area contributed by atoms with E-state index in [1.165, 1.54) is 38.0 Å². The van der Waals surface area contributed by atoms with Crippen LogP contribution in [0, 0.1) is 18.3 Å². The minimum Gasteiger partial charge on any atom is -0.369 e. The summed E-state index contributed by atoms with van der Waals surface area (Å²) in [6, 6.07) is 4.34. The Morgan fingerprint density at radius 2 is 2.19 bits per heavy atom. The molecule has 0 N–H and O–H groups in total. The van der Waals surface area contributed by atoms with E-state index in [0.29, 0.717) is 5.41 Å². The Kier molecular flexibility index (Phi) is 2.20. The van der Waals surface area contributed by atoms with Crippen LogP contribution in [0.4, 0.5) is 5.69 Å². The Balaban J connectivity index is 1.81. The smallest absolute Gasteiger partial charge is 0.0553 e. The number of aryl methyl sites for hydroxylation is 1. The molecule has 1 aromatic rings. The van der Waals surface area contributed by atoms with E-state index in [9.17, 15) is 0 Å². The van der Waals surface area contributed by atoms with Crippen LogP contribution in [0.1, 0.15) is 31.9 Å². The Morgan fingerprint density at radius 1 is 1.38 bits per heavy atom. The van der Waals surface area contributed by atoms with Crippen molar-refractivity contribution in [3.8, 4) is 0 Å². The van der Waals surface area contributed by atoms with E-state index < -0.39 is 0 Å². The molecule has 2 aliphatic rings. The van der Waals surface area contributed by atoms with Crippen LogP contribution in [0.15, 0.2) is 18.3 Å². The number of hydrogen-bond donors (Lipinski definition) is 0. The van der Waals surface area contributed by atoms with Crippen LogP contribution in [0.2, 0.25) is 0 Å². The normalized spacial score (nSPS) is 27.1. The predicted octanol–water partition coefficient (Wildman–Crippen LogP) is 3.02. The van der Waals surface area contributed by atoms with E-state index in [0.717, 1.165) is 11.6 Å². The fraction of sp³-hybridized carbons (Fsp3) is 0.643. The molecule has 1 saturated heterocycles. The van der Waals surface area contributed by atoms with E-state index in [4.69, 9.17) is 0 Å². The molecule has 1 aliphatic heterocycles. The molecule has 16 heavy (non-hydrogen) atoms. The summed E-state index contributed by atoms with van der Waals surface area (Å²) < 4.78 is 0. The van der Waals surface area contributed by atoms with Gasteiger partial charge in [0.05, 0.1) is 11.9 Å². The number of nitrogens with zero attached hydrogens (tertiary/aromatic N) is 2. The molecule has 1 atom stereocenters. The fourth-order valence-electron chi connectivity index (χ4n) is 3.10. The zero-order chi connectivity index (χ0) is 11.2. The number of piperidine rings is 1. The molecule has 0 aromatic carbocycles. The topological polar surface area (TPSA) is 16.1 Å². The van der Waals surface area contributed by atoms with Crippen molar-refractivity contribution in [3.05, 3.63) is 24.0 Å². The van der Waals surface area contributed by atoms with Crippen LogP contribution in [0.5, 0.6) is 0 Å². The van der Waals surface area contributed by atoms with Gasteiger partial charge in [0.25, 0.3) is 0 Å². The van der Waals surface area contributed by atoms with E-state index in [1.807, 2.05) is 13.1 Å². The molecule has 2 heterocycles. The molecule has 2 heteroatoms. The summed E-state index contributed by atoms with van der Waals surface area (Å²) in [5.74, 6) is 0.831. The average molecular weight is 216 g/mol. The van der Waals surface area contributed by atoms with Crippen LogP contribution in [0.25, 0.3) is 0 Å². The molecule has 86 valence electrons. The van der Waals surface area contributed by atoms with Crippen molar-refractivity contribution in [2.24, 2.45) is 11.3 Å². The zero-order valence-corrected chi connectivity index (χ0v) is 10.2. The molecule has 3 rings (SSSR count). The lowest BCUT2D eigenvalue weighted by atomic mass is 9.87. The third kappa shape index (κ3) is 1.81. The van der Waals surface area contributed by atoms with Gasteiger partial charge in [-0.3, -0.25) is 4.98 Å². The van der Waals surface area contributed by atoms with Crippen molar-refractivity contribution >= 4 is 5.69 Å². The molecule has 0 radical (unpaired) electrons. The lowest BCUT2D eigenvalue weighted by Gasteiger charge is -2.38. The second-order valence-electron chi connectivity index (χ2n) is 5.85. The van der Waals surface area contributed by atoms with Gasteiger partial charge in [0.15, 0.2) is 0 Å². The molecular formula is C14H20N2. The van der Waals surface area contributed by atoms with Gasteiger partial charge in [-0.15, -0.1) is 0 Å². The summed E-state index contributed by atoms with van der Waals surface area (Å²) in [6.07, 6.45) is 6.34. The van der Waals surface area contributed by atoms with Gasteiger partial charge in [-0.2, -0.15) is 0 Å². The van der Waals surface area contributed by atoms with Crippen LogP contribution < -0.4 is 4.90 Å². The zero-order valence-electron chi connectivity index (χ0n) is 10.2. The average Bonchev–Trinajstić information content (AvgIpc) is 2.97. The molecule has 1 saturated carbocycles. The monoisotopic (exact) mass is 216 g/mol. The summed E-state index contributed by atoms with van der Waals surface area (Å²) >= 11 is 0. The molecule has 1 unspecified atom stereocenters. The Labute approximate surface area is 97.7 Å². The van der Waals surface area contributed by atoms with E-state index >= 15 is 0 Å². The highest BCUT2D eigenvalue weighted by Gasteiger charge is 2.47. The van der Waals surface area contributed by atoms with Gasteiger partial charge in [0.1, 0.15) is 0 Å². The van der Waals surface area contributed by atoms with Crippen LogP contribution in [-0.2, 0) is 0 Å². The number of rotatable bonds is 1. The molecule has 0 amide bonds. The lowest BCUT2D eigenvalue weighted by Crippen LogP contribution is -2.40. The molecule has 2 fully saturated rings. The highest BCUT2D eigenvalue weighted by Crippen LogP contribution is 2.53. The molecule has 1 aromatic heterocycles. The quantitative estimate of drug-likeness (QED) is 0.717. The van der Waals surface area contributed by atoms with Gasteiger partial charge < -0.3 is 4.90 Å². The van der Waals surface area contributed by atoms with Crippen molar-refractivity contribution in [3.63, 3.8) is 0 Å². The first-order chi connectivity index (χ1) is 7.67. The largest absolute Gasteiger partial charge is 0.369 e. The van der Waals surface area contributed by atoms with Crippen molar-refractivity contribution in [1.82, 2.24) is 4.98 Å². The first kappa shape index (κ1) is 10.1. The van der Waals surface area contributed by atoms with Gasteiger partial charge in [-0.05, 0) is 49.7 Å². The van der Waals surface area contributed by atoms with Crippen molar-refractivity contribution in [1.29, 1.82) is 0 Å². The van der Waals surface area contributed by atoms with E-state index in [2.05, 4.69) is 28.9 Å². The third-order valence-electron chi connectivity index (χ3n) is 4.06. The number of pyridine rings is 1. The second kappa shape index (κ2) is 3.47. The first-order valence-electron chi connectivity index (χ1n) is 6.35. The van der Waals surface area contributed by atoms with Gasteiger partial charge in [-0.1, -0.05) is 6.92 Å². The van der Waals surface area contributed by atoms with Crippen LogP contribution in [-0.4, -0.2) is 18.1 Å². The summed E-state index contributed by atoms with van der Waals surface area (Å²) in [5.41, 5.74) is 3.08. The molecule has 1 aliphatic carbocycles. The maximum absolute atomic E-state index is 4.41. The van der Waals surface area contributed by atoms with Crippen LogP contribution >= 0.6 is 0 Å². The molecular weight excluding hydrogens is 196 g/mol. The Morgan fingerprint density at radius 3 is 2.81 bits per heavy atom. The SMILES string of the molecule is Cc1ccc(N2CC(C)CC3(CC3)C2)cn1. The maximum atomic E-state index is 4.41. The second-order valence-corrected chi connectivity index (χ2v) is 5.85. The molecule has 0 bridgehead atoms. The van der Waals surface area contributed by atoms with Crippen molar-refractivity contribution < 1.29 is 0 Å². The lowest BCUT2D eigenvalue weighted by molar-refractivity contribution is 0.317. The first-order valence-corrected chi connectivity index (χ1v) is 6.35. The van der Waals surface area contributed by atoms with Gasteiger partial charge in [0, 0.05) is 18.8 Å². The predicted molar refractivity (Wildman–Crippen MR) is 66.6 cm³/mol. The summed E-state index contributed by atoms with van der Waals surface area (Å²) in [4.78, 5) is 6.94. The molecule has 2 nitrogen and oxygen atoms in total. The third-order valence-corrected chi connectivity index (χ3v) is 4.06. The highest BCUT2D eigenvalue weighted by molar-refractivity contribution is 5.46. The minimum absolute atomic E-state index is 0.669. The number of aromatic nitrogens is 1. The van der Waals surface area contributed by atoms with E-state index in [1.54, 1.807) is 0 Å². The summed E-state index contributed by atoms with van der Waals surface area (Å²) in [7, 11) is 0. The van der Waals surface area contributed by atoms with E-state index in [-0.39, 0.29) is 0 Å². The number of anilines is 1. The standard InChI is InChI=1S/C14H20N2/c1-11-7-14(5-6-14)10-16(9-11)13-4-3-12(2)15-8-13/h3-4,8,11H,5-7,9-10H2,1-2H3. The van der Waals surface area contributed by atoms with Gasteiger partial charge in [-0.25, -0.2) is 0 Å². The summed E-state index contributed by atoms with van der Waals surface area (Å²) in [5, 5.41) is 0. The Bertz CT molecular complexity index is 378. The van der Waals surface area contributed by atoms with Crippen molar-refractivity contribution in [2.75, 3.05) is 18.0 Å². The van der Waals surface area contributed by atoms with Gasteiger partial charge in [0.2, 0.25) is 0 Å². The number of hydrogen-bond acceptors (Lipinski definition) is 2.